The van der Waals surface area contributed by atoms with E-state index in [2.05, 4.69) is 20.9 Å². The molecule has 0 radical (unpaired) electrons. The van der Waals surface area contributed by atoms with E-state index < -0.39 is 0 Å². The molecule has 132 valence electrons. The zero-order valence-corrected chi connectivity index (χ0v) is 13.9. The number of hydrogen-bond acceptors (Lipinski definition) is 5. The van der Waals surface area contributed by atoms with Crippen molar-refractivity contribution in [1.29, 1.82) is 0 Å². The highest BCUT2D eigenvalue weighted by Gasteiger charge is 2.13. The van der Waals surface area contributed by atoms with E-state index in [1.54, 1.807) is 25.4 Å². The minimum atomic E-state index is -0.151. The Morgan fingerprint density at radius 2 is 2.00 bits per heavy atom. The average molecular weight is 344 g/mol. The molecule has 3 N–H and O–H groups in total. The van der Waals surface area contributed by atoms with Crippen molar-refractivity contribution in [3.63, 3.8) is 0 Å². The Bertz CT molecular complexity index is 743. The summed E-state index contributed by atoms with van der Waals surface area (Å²) in [5.74, 6) is 2.57. The molecule has 8 nitrogen and oxygen atoms in total. The molecular formula is C17H20N4O4. The molecule has 25 heavy (non-hydrogen) atoms. The number of rotatable bonds is 6. The Kier molecular flexibility index (Phi) is 5.40. The quantitative estimate of drug-likeness (QED) is 0.534. The molecule has 2 aromatic rings. The topological polar surface area (TPSA) is 97.1 Å². The Morgan fingerprint density at radius 3 is 2.80 bits per heavy atom. The van der Waals surface area contributed by atoms with Gasteiger partial charge in [-0.25, -0.2) is 0 Å². The van der Waals surface area contributed by atoms with E-state index in [0.717, 1.165) is 17.1 Å². The van der Waals surface area contributed by atoms with Gasteiger partial charge in [0.1, 0.15) is 5.76 Å². The molecule has 0 atom stereocenters. The Morgan fingerprint density at radius 1 is 1.12 bits per heavy atom. The molecule has 0 saturated heterocycles. The first-order valence-electron chi connectivity index (χ1n) is 7.87. The third-order valence-corrected chi connectivity index (χ3v) is 3.58. The predicted octanol–water partition coefficient (Wildman–Crippen LogP) is 0.990. The van der Waals surface area contributed by atoms with E-state index in [4.69, 9.17) is 13.9 Å². The maximum atomic E-state index is 11.8. The number of furan rings is 1. The standard InChI is InChI=1S/C17H20N4O4/c1-18-17(21-10-16(22)19-9-13-3-2-6-23-13)20-8-12-4-5-14-15(7-12)25-11-24-14/h2-7H,8-11H2,1H3,(H,19,22)(H2,18,20,21). The van der Waals surface area contributed by atoms with Crippen molar-refractivity contribution in [3.8, 4) is 11.5 Å². The summed E-state index contributed by atoms with van der Waals surface area (Å²) in [6.07, 6.45) is 1.57. The minimum Gasteiger partial charge on any atom is -0.467 e. The molecule has 1 amide bonds. The monoisotopic (exact) mass is 344 g/mol. The number of hydrogen-bond donors (Lipinski definition) is 3. The Hall–Kier alpha value is -3.16. The van der Waals surface area contributed by atoms with Crippen molar-refractivity contribution in [2.45, 2.75) is 13.1 Å². The predicted molar refractivity (Wildman–Crippen MR) is 91.3 cm³/mol. The van der Waals surface area contributed by atoms with Crippen LogP contribution in [0.25, 0.3) is 0 Å². The van der Waals surface area contributed by atoms with Crippen LogP contribution < -0.4 is 25.4 Å². The fourth-order valence-electron chi connectivity index (χ4n) is 2.28. The van der Waals surface area contributed by atoms with Gasteiger partial charge in [-0.15, -0.1) is 0 Å². The molecule has 1 aromatic heterocycles. The van der Waals surface area contributed by atoms with Gasteiger partial charge >= 0.3 is 0 Å². The van der Waals surface area contributed by atoms with E-state index in [-0.39, 0.29) is 19.2 Å². The first-order chi connectivity index (χ1) is 12.2. The molecule has 0 aliphatic carbocycles. The summed E-state index contributed by atoms with van der Waals surface area (Å²) in [6, 6.07) is 9.32. The van der Waals surface area contributed by atoms with Crippen molar-refractivity contribution in [1.82, 2.24) is 16.0 Å². The van der Waals surface area contributed by atoms with Crippen LogP contribution in [0.3, 0.4) is 0 Å². The van der Waals surface area contributed by atoms with Gasteiger partial charge in [0.25, 0.3) is 0 Å². The number of fused-ring (bicyclic) bond motifs is 1. The molecule has 2 heterocycles. The summed E-state index contributed by atoms with van der Waals surface area (Å²) in [4.78, 5) is 15.9. The fourth-order valence-corrected chi connectivity index (χ4v) is 2.28. The second-order valence-electron chi connectivity index (χ2n) is 5.32. The number of ether oxygens (including phenoxy) is 2. The van der Waals surface area contributed by atoms with Gasteiger partial charge in [-0.1, -0.05) is 6.07 Å². The minimum absolute atomic E-state index is 0.113. The van der Waals surface area contributed by atoms with Gasteiger partial charge in [-0.05, 0) is 29.8 Å². The number of carbonyl (C=O) groups excluding carboxylic acids is 1. The van der Waals surface area contributed by atoms with Gasteiger partial charge in [0, 0.05) is 13.6 Å². The van der Waals surface area contributed by atoms with Crippen molar-refractivity contribution in [2.24, 2.45) is 4.99 Å². The Labute approximate surface area is 145 Å². The molecule has 0 unspecified atom stereocenters. The van der Waals surface area contributed by atoms with Crippen molar-refractivity contribution < 1.29 is 18.7 Å². The van der Waals surface area contributed by atoms with Gasteiger partial charge < -0.3 is 29.8 Å². The van der Waals surface area contributed by atoms with Crippen LogP contribution in [0.15, 0.2) is 46.0 Å². The van der Waals surface area contributed by atoms with E-state index >= 15 is 0 Å². The molecule has 1 aliphatic rings. The molecule has 1 aliphatic heterocycles. The number of benzene rings is 1. The molecule has 0 spiro atoms. The maximum absolute atomic E-state index is 11.8. The van der Waals surface area contributed by atoms with Crippen LogP contribution >= 0.6 is 0 Å². The van der Waals surface area contributed by atoms with Crippen LogP contribution in [0.1, 0.15) is 11.3 Å². The van der Waals surface area contributed by atoms with Crippen LogP contribution in [0.4, 0.5) is 0 Å². The highest BCUT2D eigenvalue weighted by atomic mass is 16.7. The maximum Gasteiger partial charge on any atom is 0.239 e. The SMILES string of the molecule is CN=C(NCC(=O)NCc1ccco1)NCc1ccc2c(c1)OCO2. The highest BCUT2D eigenvalue weighted by molar-refractivity contribution is 5.86. The van der Waals surface area contributed by atoms with Crippen molar-refractivity contribution >= 4 is 11.9 Å². The van der Waals surface area contributed by atoms with E-state index in [1.807, 2.05) is 18.2 Å². The molecule has 0 bridgehead atoms. The zero-order valence-electron chi connectivity index (χ0n) is 13.9. The lowest BCUT2D eigenvalue weighted by Gasteiger charge is -2.12. The largest absolute Gasteiger partial charge is 0.467 e. The smallest absolute Gasteiger partial charge is 0.239 e. The van der Waals surface area contributed by atoms with Crippen LogP contribution in [-0.4, -0.2) is 32.3 Å². The lowest BCUT2D eigenvalue weighted by atomic mass is 10.2. The van der Waals surface area contributed by atoms with Gasteiger partial charge in [0.05, 0.1) is 19.4 Å². The summed E-state index contributed by atoms with van der Waals surface area (Å²) in [5, 5.41) is 8.87. The van der Waals surface area contributed by atoms with Gasteiger partial charge in [-0.2, -0.15) is 0 Å². The third kappa shape index (κ3) is 4.66. The molecule has 8 heteroatoms. The van der Waals surface area contributed by atoms with Crippen molar-refractivity contribution in [2.75, 3.05) is 20.4 Å². The summed E-state index contributed by atoms with van der Waals surface area (Å²) < 4.78 is 15.8. The number of carbonyl (C=O) groups is 1. The van der Waals surface area contributed by atoms with E-state index in [1.165, 1.54) is 0 Å². The summed E-state index contributed by atoms with van der Waals surface area (Å²) in [5.41, 5.74) is 1.02. The first kappa shape index (κ1) is 16.7. The van der Waals surface area contributed by atoms with E-state index in [0.29, 0.717) is 24.8 Å². The van der Waals surface area contributed by atoms with Gasteiger partial charge in [-0.3, -0.25) is 9.79 Å². The number of amides is 1. The van der Waals surface area contributed by atoms with Gasteiger partial charge in [0.2, 0.25) is 12.7 Å². The van der Waals surface area contributed by atoms with Crippen LogP contribution in [0.2, 0.25) is 0 Å². The second-order valence-corrected chi connectivity index (χ2v) is 5.32. The molecule has 3 rings (SSSR count). The highest BCUT2D eigenvalue weighted by Crippen LogP contribution is 2.32. The Balaban J connectivity index is 1.41. The third-order valence-electron chi connectivity index (χ3n) is 3.58. The lowest BCUT2D eigenvalue weighted by molar-refractivity contribution is -0.120. The number of nitrogens with one attached hydrogen (secondary N) is 3. The molecule has 0 fully saturated rings. The molecule has 1 aromatic carbocycles. The zero-order chi connectivity index (χ0) is 17.5. The lowest BCUT2D eigenvalue weighted by Crippen LogP contribution is -2.42. The molecular weight excluding hydrogens is 324 g/mol. The van der Waals surface area contributed by atoms with Crippen LogP contribution in [0.5, 0.6) is 11.5 Å². The first-order valence-corrected chi connectivity index (χ1v) is 7.87. The van der Waals surface area contributed by atoms with E-state index in [9.17, 15) is 4.79 Å². The van der Waals surface area contributed by atoms with Gasteiger partial charge in [0.15, 0.2) is 17.5 Å². The number of guanidine groups is 1. The molecule has 0 saturated carbocycles. The summed E-state index contributed by atoms with van der Waals surface area (Å²) in [6.45, 7) is 1.27. The second kappa shape index (κ2) is 8.09. The number of aliphatic imine (C=N–C) groups is 1. The summed E-state index contributed by atoms with van der Waals surface area (Å²) in [7, 11) is 1.65. The fraction of sp³-hybridized carbons (Fsp3) is 0.294. The normalized spacial score (nSPS) is 12.8. The van der Waals surface area contributed by atoms with Crippen molar-refractivity contribution in [3.05, 3.63) is 47.9 Å². The van der Waals surface area contributed by atoms with Crippen LogP contribution in [0, 0.1) is 0 Å². The van der Waals surface area contributed by atoms with Crippen LogP contribution in [-0.2, 0) is 17.9 Å². The summed E-state index contributed by atoms with van der Waals surface area (Å²) >= 11 is 0. The number of nitrogens with zero attached hydrogens (tertiary/aromatic N) is 1. The average Bonchev–Trinajstić information content (AvgIpc) is 3.31.